The van der Waals surface area contributed by atoms with Crippen molar-refractivity contribution in [1.29, 1.82) is 0 Å². The Bertz CT molecular complexity index is 355. The van der Waals surface area contributed by atoms with Crippen LogP contribution in [0.4, 0.5) is 0 Å². The van der Waals surface area contributed by atoms with Crippen LogP contribution in [0, 0.1) is 5.41 Å². The molecule has 1 aromatic heterocycles. The SMILES string of the molecule is CCOC(C(O)Cc1cnn(CC)c1)C(C)(C)C. The molecule has 0 aromatic carbocycles. The lowest BCUT2D eigenvalue weighted by molar-refractivity contribution is -0.0873. The molecule has 0 radical (unpaired) electrons. The van der Waals surface area contributed by atoms with E-state index < -0.39 is 6.10 Å². The minimum atomic E-state index is -0.501. The standard InChI is InChI=1S/C14H26N2O2/c1-6-16-10-11(9-15-16)8-12(17)13(18-7-2)14(3,4)5/h9-10,12-13,17H,6-8H2,1-5H3. The van der Waals surface area contributed by atoms with Crippen molar-refractivity contribution in [2.75, 3.05) is 6.61 Å². The van der Waals surface area contributed by atoms with Gasteiger partial charge in [-0.05, 0) is 24.8 Å². The Morgan fingerprint density at radius 1 is 1.39 bits per heavy atom. The summed E-state index contributed by atoms with van der Waals surface area (Å²) in [6, 6.07) is 0. The van der Waals surface area contributed by atoms with Crippen LogP contribution in [0.25, 0.3) is 0 Å². The highest BCUT2D eigenvalue weighted by molar-refractivity contribution is 5.06. The van der Waals surface area contributed by atoms with Crippen LogP contribution in [0.2, 0.25) is 0 Å². The van der Waals surface area contributed by atoms with Crippen LogP contribution in [0.3, 0.4) is 0 Å². The Morgan fingerprint density at radius 2 is 2.06 bits per heavy atom. The molecule has 104 valence electrons. The summed E-state index contributed by atoms with van der Waals surface area (Å²) in [4.78, 5) is 0. The van der Waals surface area contributed by atoms with Crippen LogP contribution < -0.4 is 0 Å². The van der Waals surface area contributed by atoms with E-state index in [1.165, 1.54) is 0 Å². The van der Waals surface area contributed by atoms with Gasteiger partial charge in [0, 0.05) is 25.8 Å². The number of aryl methyl sites for hydroxylation is 1. The number of hydrogen-bond donors (Lipinski definition) is 1. The van der Waals surface area contributed by atoms with E-state index in [1.54, 1.807) is 0 Å². The predicted molar refractivity (Wildman–Crippen MR) is 72.5 cm³/mol. The van der Waals surface area contributed by atoms with Gasteiger partial charge in [-0.2, -0.15) is 5.10 Å². The molecule has 1 aromatic rings. The number of aromatic nitrogens is 2. The molecule has 0 fully saturated rings. The molecule has 1 heterocycles. The average Bonchev–Trinajstić information content (AvgIpc) is 2.71. The fraction of sp³-hybridized carbons (Fsp3) is 0.786. The van der Waals surface area contributed by atoms with Crippen LogP contribution in [0.1, 0.15) is 40.2 Å². The second kappa shape index (κ2) is 6.34. The van der Waals surface area contributed by atoms with Gasteiger partial charge in [0.15, 0.2) is 0 Å². The van der Waals surface area contributed by atoms with Gasteiger partial charge in [-0.3, -0.25) is 4.68 Å². The zero-order chi connectivity index (χ0) is 13.8. The Balaban J connectivity index is 2.69. The van der Waals surface area contributed by atoms with Gasteiger partial charge in [0.1, 0.15) is 0 Å². The lowest BCUT2D eigenvalue weighted by Crippen LogP contribution is -2.41. The quantitative estimate of drug-likeness (QED) is 0.847. The van der Waals surface area contributed by atoms with Crippen LogP contribution in [-0.2, 0) is 17.7 Å². The molecule has 18 heavy (non-hydrogen) atoms. The highest BCUT2D eigenvalue weighted by atomic mass is 16.5. The summed E-state index contributed by atoms with van der Waals surface area (Å²) in [5.74, 6) is 0. The fourth-order valence-electron chi connectivity index (χ4n) is 2.15. The summed E-state index contributed by atoms with van der Waals surface area (Å²) < 4.78 is 7.57. The Morgan fingerprint density at radius 3 is 2.50 bits per heavy atom. The van der Waals surface area contributed by atoms with E-state index >= 15 is 0 Å². The smallest absolute Gasteiger partial charge is 0.0885 e. The first-order valence-electron chi connectivity index (χ1n) is 6.69. The van der Waals surface area contributed by atoms with Gasteiger partial charge < -0.3 is 9.84 Å². The van der Waals surface area contributed by atoms with E-state index in [0.717, 1.165) is 12.1 Å². The highest BCUT2D eigenvalue weighted by Gasteiger charge is 2.32. The minimum Gasteiger partial charge on any atom is -0.390 e. The number of aliphatic hydroxyl groups excluding tert-OH is 1. The third-order valence-corrected chi connectivity index (χ3v) is 3.00. The topological polar surface area (TPSA) is 47.3 Å². The summed E-state index contributed by atoms with van der Waals surface area (Å²) in [7, 11) is 0. The molecule has 0 saturated carbocycles. The molecular weight excluding hydrogens is 228 g/mol. The van der Waals surface area contributed by atoms with E-state index in [1.807, 2.05) is 30.9 Å². The Hall–Kier alpha value is -0.870. The number of hydrogen-bond acceptors (Lipinski definition) is 3. The summed E-state index contributed by atoms with van der Waals surface area (Å²) in [6.45, 7) is 11.7. The van der Waals surface area contributed by atoms with Gasteiger partial charge in [-0.15, -0.1) is 0 Å². The van der Waals surface area contributed by atoms with Crippen LogP contribution >= 0.6 is 0 Å². The summed E-state index contributed by atoms with van der Waals surface area (Å²) in [5, 5.41) is 14.6. The maximum absolute atomic E-state index is 10.3. The third kappa shape index (κ3) is 4.10. The van der Waals surface area contributed by atoms with Crippen LogP contribution in [0.15, 0.2) is 12.4 Å². The zero-order valence-electron chi connectivity index (χ0n) is 12.2. The molecule has 0 amide bonds. The van der Waals surface area contributed by atoms with Gasteiger partial charge in [0.2, 0.25) is 0 Å². The van der Waals surface area contributed by atoms with Gasteiger partial charge in [-0.25, -0.2) is 0 Å². The van der Waals surface area contributed by atoms with Crippen molar-refractivity contribution in [3.05, 3.63) is 18.0 Å². The van der Waals surface area contributed by atoms with E-state index in [-0.39, 0.29) is 11.5 Å². The minimum absolute atomic E-state index is 0.0732. The summed E-state index contributed by atoms with van der Waals surface area (Å²) >= 11 is 0. The molecule has 0 aliphatic rings. The molecule has 4 heteroatoms. The van der Waals surface area contributed by atoms with Crippen LogP contribution in [0.5, 0.6) is 0 Å². The van der Waals surface area contributed by atoms with E-state index in [2.05, 4.69) is 25.9 Å². The molecule has 0 bridgehead atoms. The van der Waals surface area contributed by atoms with Gasteiger partial charge in [0.05, 0.1) is 18.4 Å². The number of ether oxygens (including phenoxy) is 1. The molecule has 2 unspecified atom stereocenters. The monoisotopic (exact) mass is 254 g/mol. The van der Waals surface area contributed by atoms with Crippen molar-refractivity contribution in [2.24, 2.45) is 5.41 Å². The van der Waals surface area contributed by atoms with Crippen molar-refractivity contribution in [3.63, 3.8) is 0 Å². The molecular formula is C14H26N2O2. The number of aliphatic hydroxyl groups is 1. The van der Waals surface area contributed by atoms with Crippen LogP contribution in [-0.4, -0.2) is 33.7 Å². The Labute approximate surface area is 110 Å². The highest BCUT2D eigenvalue weighted by Crippen LogP contribution is 2.26. The Kier molecular flexibility index (Phi) is 5.35. The fourth-order valence-corrected chi connectivity index (χ4v) is 2.15. The lowest BCUT2D eigenvalue weighted by atomic mass is 9.84. The largest absolute Gasteiger partial charge is 0.390 e. The molecule has 0 aliphatic heterocycles. The second-order valence-corrected chi connectivity index (χ2v) is 5.72. The van der Waals surface area contributed by atoms with Crippen molar-refractivity contribution in [2.45, 2.75) is 59.8 Å². The molecule has 1 N–H and O–H groups in total. The first-order chi connectivity index (χ1) is 8.38. The molecule has 0 aliphatic carbocycles. The number of nitrogens with zero attached hydrogens (tertiary/aromatic N) is 2. The molecule has 0 saturated heterocycles. The zero-order valence-corrected chi connectivity index (χ0v) is 12.2. The van der Waals surface area contributed by atoms with Crippen molar-refractivity contribution in [1.82, 2.24) is 9.78 Å². The first kappa shape index (κ1) is 15.2. The van der Waals surface area contributed by atoms with Crippen molar-refractivity contribution < 1.29 is 9.84 Å². The van der Waals surface area contributed by atoms with Crippen molar-refractivity contribution >= 4 is 0 Å². The maximum Gasteiger partial charge on any atom is 0.0885 e. The molecule has 2 atom stereocenters. The second-order valence-electron chi connectivity index (χ2n) is 5.72. The number of rotatable bonds is 6. The summed E-state index contributed by atoms with van der Waals surface area (Å²) in [5.41, 5.74) is 0.981. The van der Waals surface area contributed by atoms with Gasteiger partial charge >= 0.3 is 0 Å². The van der Waals surface area contributed by atoms with Crippen molar-refractivity contribution in [3.8, 4) is 0 Å². The molecule has 0 spiro atoms. The normalized spacial score (nSPS) is 15.7. The lowest BCUT2D eigenvalue weighted by Gasteiger charge is -2.34. The van der Waals surface area contributed by atoms with E-state index in [0.29, 0.717) is 13.0 Å². The maximum atomic E-state index is 10.3. The summed E-state index contributed by atoms with van der Waals surface area (Å²) in [6.07, 6.45) is 3.72. The first-order valence-corrected chi connectivity index (χ1v) is 6.69. The van der Waals surface area contributed by atoms with E-state index in [4.69, 9.17) is 4.74 Å². The van der Waals surface area contributed by atoms with Gasteiger partial charge in [0.25, 0.3) is 0 Å². The molecule has 1 rings (SSSR count). The average molecular weight is 254 g/mol. The van der Waals surface area contributed by atoms with Gasteiger partial charge in [-0.1, -0.05) is 20.8 Å². The van der Waals surface area contributed by atoms with E-state index in [9.17, 15) is 5.11 Å². The predicted octanol–water partition coefficient (Wildman–Crippen LogP) is 2.26. The molecule has 4 nitrogen and oxygen atoms in total. The third-order valence-electron chi connectivity index (χ3n) is 3.00.